The van der Waals surface area contributed by atoms with Gasteiger partial charge in [-0.05, 0) is 69.4 Å². The topological polar surface area (TPSA) is 71.8 Å². The van der Waals surface area contributed by atoms with Crippen LogP contribution in [0.2, 0.25) is 0 Å². The molecule has 0 unspecified atom stereocenters. The molecule has 1 amide bonds. The molecule has 2 aromatic heterocycles. The molecule has 4 rings (SSSR count). The maximum Gasteiger partial charge on any atom is 0.257 e. The highest BCUT2D eigenvalue weighted by Crippen LogP contribution is 2.40. The van der Waals surface area contributed by atoms with Crippen LogP contribution in [0, 0.1) is 19.8 Å². The van der Waals surface area contributed by atoms with E-state index < -0.39 is 0 Å². The molecule has 0 saturated heterocycles. The van der Waals surface area contributed by atoms with Gasteiger partial charge in [-0.1, -0.05) is 12.1 Å². The van der Waals surface area contributed by atoms with Gasteiger partial charge in [-0.15, -0.1) is 0 Å². The van der Waals surface area contributed by atoms with Crippen molar-refractivity contribution in [3.05, 3.63) is 71.2 Å². The van der Waals surface area contributed by atoms with Crippen LogP contribution < -0.4 is 10.6 Å². The average Bonchev–Trinajstić information content (AvgIpc) is 3.52. The molecule has 0 aliphatic heterocycles. The van der Waals surface area contributed by atoms with Gasteiger partial charge in [0.15, 0.2) is 0 Å². The second-order valence-electron chi connectivity index (χ2n) is 7.81. The molecular weight excluding hydrogens is 362 g/mol. The van der Waals surface area contributed by atoms with Crippen molar-refractivity contribution in [2.24, 2.45) is 5.92 Å². The zero-order valence-electron chi connectivity index (χ0n) is 17.1. The Bertz CT molecular complexity index is 1010. The molecule has 29 heavy (non-hydrogen) atoms. The quantitative estimate of drug-likeness (QED) is 0.613. The number of aryl methyl sites for hydroxylation is 1. The third kappa shape index (κ3) is 4.16. The summed E-state index contributed by atoms with van der Waals surface area (Å²) < 4.78 is 1.96. The molecule has 1 aliphatic rings. The summed E-state index contributed by atoms with van der Waals surface area (Å²) in [6.07, 6.45) is 6.07. The third-order valence-corrected chi connectivity index (χ3v) is 5.66. The molecule has 1 atom stereocenters. The lowest BCUT2D eigenvalue weighted by atomic mass is 10.1. The van der Waals surface area contributed by atoms with Crippen LogP contribution in [0.5, 0.6) is 0 Å². The Morgan fingerprint density at radius 1 is 1.21 bits per heavy atom. The lowest BCUT2D eigenvalue weighted by Crippen LogP contribution is -2.20. The van der Waals surface area contributed by atoms with Crippen molar-refractivity contribution in [2.45, 2.75) is 46.2 Å². The number of benzene rings is 1. The molecule has 1 fully saturated rings. The van der Waals surface area contributed by atoms with Gasteiger partial charge in [-0.25, -0.2) is 4.68 Å². The van der Waals surface area contributed by atoms with Gasteiger partial charge in [0.2, 0.25) is 0 Å². The molecule has 150 valence electrons. The normalized spacial score (nSPS) is 14.4. The Kier molecular flexibility index (Phi) is 5.34. The number of carbonyl (C=O) groups excluding carboxylic acids is 1. The average molecular weight is 390 g/mol. The highest BCUT2D eigenvalue weighted by atomic mass is 16.1. The largest absolute Gasteiger partial charge is 0.379 e. The first-order chi connectivity index (χ1) is 14.0. The van der Waals surface area contributed by atoms with Crippen LogP contribution in [-0.2, 0) is 6.54 Å². The first-order valence-electron chi connectivity index (χ1n) is 10.1. The SMILES string of the molecule is Cc1cnn([C@@H](C)C2CC2)c1NC(=O)c1cccc(NCc2ccccn2)c1C. The van der Waals surface area contributed by atoms with E-state index in [2.05, 4.69) is 27.6 Å². The second kappa shape index (κ2) is 8.07. The summed E-state index contributed by atoms with van der Waals surface area (Å²) in [6.45, 7) is 6.73. The second-order valence-corrected chi connectivity index (χ2v) is 7.81. The summed E-state index contributed by atoms with van der Waals surface area (Å²) in [7, 11) is 0. The molecular formula is C23H27N5O. The standard InChI is InChI=1S/C23H27N5O/c1-15-13-26-28(17(3)18-10-11-18)22(15)27-23(29)20-8-6-9-21(16(20)2)25-14-19-7-4-5-12-24-19/h4-9,12-13,17-18,25H,10-11,14H2,1-3H3,(H,27,29)/t17-/m0/s1. The van der Waals surface area contributed by atoms with Crippen molar-refractivity contribution < 1.29 is 4.79 Å². The highest BCUT2D eigenvalue weighted by Gasteiger charge is 2.31. The fourth-order valence-electron chi connectivity index (χ4n) is 3.63. The molecule has 0 spiro atoms. The number of pyridine rings is 1. The van der Waals surface area contributed by atoms with E-state index in [1.807, 2.05) is 61.1 Å². The molecule has 0 radical (unpaired) electrons. The van der Waals surface area contributed by atoms with Gasteiger partial charge in [0, 0.05) is 23.0 Å². The Morgan fingerprint density at radius 3 is 2.76 bits per heavy atom. The van der Waals surface area contributed by atoms with E-state index >= 15 is 0 Å². The minimum atomic E-state index is -0.114. The lowest BCUT2D eigenvalue weighted by molar-refractivity contribution is 0.102. The number of hydrogen-bond acceptors (Lipinski definition) is 4. The molecule has 6 heteroatoms. The summed E-state index contributed by atoms with van der Waals surface area (Å²) in [5.74, 6) is 1.34. The van der Waals surface area contributed by atoms with Crippen LogP contribution >= 0.6 is 0 Å². The van der Waals surface area contributed by atoms with Crippen LogP contribution in [0.4, 0.5) is 11.5 Å². The molecule has 1 saturated carbocycles. The van der Waals surface area contributed by atoms with E-state index in [-0.39, 0.29) is 5.91 Å². The summed E-state index contributed by atoms with van der Waals surface area (Å²) >= 11 is 0. The van der Waals surface area contributed by atoms with Gasteiger partial charge in [0.25, 0.3) is 5.91 Å². The third-order valence-electron chi connectivity index (χ3n) is 5.66. The Balaban J connectivity index is 1.51. The molecule has 1 aliphatic carbocycles. The van der Waals surface area contributed by atoms with Gasteiger partial charge in [0.05, 0.1) is 24.5 Å². The minimum Gasteiger partial charge on any atom is -0.379 e. The number of amides is 1. The number of nitrogens with zero attached hydrogens (tertiary/aromatic N) is 3. The van der Waals surface area contributed by atoms with Crippen LogP contribution in [0.3, 0.4) is 0 Å². The van der Waals surface area contributed by atoms with E-state index in [9.17, 15) is 4.79 Å². The Hall–Kier alpha value is -3.15. The zero-order valence-corrected chi connectivity index (χ0v) is 17.1. The fourth-order valence-corrected chi connectivity index (χ4v) is 3.63. The van der Waals surface area contributed by atoms with Crippen LogP contribution in [0.1, 0.15) is 53.0 Å². The first-order valence-corrected chi connectivity index (χ1v) is 10.1. The van der Waals surface area contributed by atoms with Crippen molar-refractivity contribution in [3.8, 4) is 0 Å². The summed E-state index contributed by atoms with van der Waals surface area (Å²) in [4.78, 5) is 17.4. The predicted molar refractivity (Wildman–Crippen MR) is 115 cm³/mol. The molecule has 0 bridgehead atoms. The molecule has 1 aromatic carbocycles. The summed E-state index contributed by atoms with van der Waals surface area (Å²) in [5.41, 5.74) is 4.44. The minimum absolute atomic E-state index is 0.114. The van der Waals surface area contributed by atoms with Gasteiger partial charge < -0.3 is 10.6 Å². The number of anilines is 2. The smallest absolute Gasteiger partial charge is 0.257 e. The predicted octanol–water partition coefficient (Wildman–Crippen LogP) is 4.73. The van der Waals surface area contributed by atoms with Gasteiger partial charge in [0.1, 0.15) is 5.82 Å². The number of hydrogen-bond donors (Lipinski definition) is 2. The number of rotatable bonds is 7. The summed E-state index contributed by atoms with van der Waals surface area (Å²) in [6, 6.07) is 11.9. The molecule has 2 heterocycles. The monoisotopic (exact) mass is 389 g/mol. The highest BCUT2D eigenvalue weighted by molar-refractivity contribution is 6.06. The van der Waals surface area contributed by atoms with Crippen LogP contribution in [-0.4, -0.2) is 20.7 Å². The van der Waals surface area contributed by atoms with Crippen molar-refractivity contribution in [2.75, 3.05) is 10.6 Å². The maximum absolute atomic E-state index is 13.1. The van der Waals surface area contributed by atoms with Crippen LogP contribution in [0.15, 0.2) is 48.8 Å². The van der Waals surface area contributed by atoms with Crippen molar-refractivity contribution in [1.82, 2.24) is 14.8 Å². The van der Waals surface area contributed by atoms with E-state index in [0.29, 0.717) is 24.1 Å². The van der Waals surface area contributed by atoms with E-state index in [4.69, 9.17) is 0 Å². The first kappa shape index (κ1) is 19.2. The fraction of sp³-hybridized carbons (Fsp3) is 0.348. The molecule has 2 N–H and O–H groups in total. The molecule has 3 aromatic rings. The van der Waals surface area contributed by atoms with Gasteiger partial charge in [-0.3, -0.25) is 9.78 Å². The van der Waals surface area contributed by atoms with Gasteiger partial charge in [-0.2, -0.15) is 5.10 Å². The lowest BCUT2D eigenvalue weighted by Gasteiger charge is -2.17. The van der Waals surface area contributed by atoms with Crippen LogP contribution in [0.25, 0.3) is 0 Å². The van der Waals surface area contributed by atoms with Gasteiger partial charge >= 0.3 is 0 Å². The maximum atomic E-state index is 13.1. The van der Waals surface area contributed by atoms with E-state index in [1.165, 1.54) is 12.8 Å². The van der Waals surface area contributed by atoms with Crippen molar-refractivity contribution in [3.63, 3.8) is 0 Å². The Labute approximate surface area is 171 Å². The number of nitrogens with one attached hydrogen (secondary N) is 2. The number of carbonyl (C=O) groups is 1. The zero-order chi connectivity index (χ0) is 20.4. The molecule has 6 nitrogen and oxygen atoms in total. The number of aromatic nitrogens is 3. The van der Waals surface area contributed by atoms with E-state index in [1.54, 1.807) is 6.20 Å². The summed E-state index contributed by atoms with van der Waals surface area (Å²) in [5, 5.41) is 11.0. The Morgan fingerprint density at radius 2 is 2.03 bits per heavy atom. The van der Waals surface area contributed by atoms with Crippen molar-refractivity contribution >= 4 is 17.4 Å². The van der Waals surface area contributed by atoms with E-state index in [0.717, 1.165) is 28.3 Å². The van der Waals surface area contributed by atoms with Crippen molar-refractivity contribution in [1.29, 1.82) is 0 Å².